The molecule has 0 saturated heterocycles. The molecule has 0 radical (unpaired) electrons. The van der Waals surface area contributed by atoms with Gasteiger partial charge < -0.3 is 10.6 Å². The van der Waals surface area contributed by atoms with E-state index < -0.39 is 0 Å². The van der Waals surface area contributed by atoms with E-state index in [2.05, 4.69) is 15.6 Å². The van der Waals surface area contributed by atoms with Gasteiger partial charge in [-0.05, 0) is 57.5 Å². The van der Waals surface area contributed by atoms with Crippen LogP contribution < -0.4 is 10.6 Å². The number of amides is 2. The van der Waals surface area contributed by atoms with Crippen molar-refractivity contribution in [2.45, 2.75) is 39.7 Å². The predicted molar refractivity (Wildman–Crippen MR) is 95.0 cm³/mol. The number of nitrogens with one attached hydrogen (secondary N) is 2. The van der Waals surface area contributed by atoms with Crippen LogP contribution in [-0.4, -0.2) is 22.3 Å². The van der Waals surface area contributed by atoms with Crippen LogP contribution in [-0.2, 0) is 11.2 Å². The van der Waals surface area contributed by atoms with Crippen LogP contribution >= 0.6 is 0 Å². The zero-order valence-corrected chi connectivity index (χ0v) is 14.5. The lowest BCUT2D eigenvalue weighted by Gasteiger charge is -2.21. The molecule has 2 amide bonds. The molecule has 0 atom stereocenters. The second kappa shape index (κ2) is 7.25. The minimum absolute atomic E-state index is 0.152. The first-order chi connectivity index (χ1) is 11.3. The molecule has 5 nitrogen and oxygen atoms in total. The van der Waals surface area contributed by atoms with E-state index in [4.69, 9.17) is 0 Å². The summed E-state index contributed by atoms with van der Waals surface area (Å²) in [5.74, 6) is -0.314. The van der Waals surface area contributed by atoms with Crippen LogP contribution in [0.3, 0.4) is 0 Å². The standard InChI is InChI=1S/C19H23N3O2/c1-13-15(18(24)22-19(2,3)4)9-7-10-16(13)21-17(23)12-14-8-5-6-11-20-14/h5-11H,12H2,1-4H3,(H,21,23)(H,22,24). The number of nitrogens with zero attached hydrogens (tertiary/aromatic N) is 1. The van der Waals surface area contributed by atoms with Crippen LogP contribution in [0.1, 0.15) is 42.4 Å². The second-order valence-electron chi connectivity index (χ2n) is 6.73. The van der Waals surface area contributed by atoms with E-state index in [1.807, 2.05) is 39.8 Å². The smallest absolute Gasteiger partial charge is 0.252 e. The van der Waals surface area contributed by atoms with Gasteiger partial charge >= 0.3 is 0 Å². The van der Waals surface area contributed by atoms with Gasteiger partial charge in [0.05, 0.1) is 6.42 Å². The molecule has 0 bridgehead atoms. The monoisotopic (exact) mass is 325 g/mol. The van der Waals surface area contributed by atoms with Crippen LogP contribution in [0.15, 0.2) is 42.6 Å². The Balaban J connectivity index is 2.13. The summed E-state index contributed by atoms with van der Waals surface area (Å²) < 4.78 is 0. The SMILES string of the molecule is Cc1c(NC(=O)Cc2ccccn2)cccc1C(=O)NC(C)(C)C. The van der Waals surface area contributed by atoms with Gasteiger partial charge in [-0.25, -0.2) is 0 Å². The summed E-state index contributed by atoms with van der Waals surface area (Å²) in [6.07, 6.45) is 1.85. The van der Waals surface area contributed by atoms with Crippen molar-refractivity contribution in [2.75, 3.05) is 5.32 Å². The molecule has 0 unspecified atom stereocenters. The summed E-state index contributed by atoms with van der Waals surface area (Å²) in [6.45, 7) is 7.62. The number of anilines is 1. The summed E-state index contributed by atoms with van der Waals surface area (Å²) in [5.41, 5.74) is 2.32. The maximum atomic E-state index is 12.4. The van der Waals surface area contributed by atoms with Crippen molar-refractivity contribution in [3.05, 3.63) is 59.4 Å². The molecule has 2 rings (SSSR count). The molecule has 24 heavy (non-hydrogen) atoms. The van der Waals surface area contributed by atoms with E-state index in [9.17, 15) is 9.59 Å². The Labute approximate surface area is 142 Å². The molecule has 0 saturated carbocycles. The van der Waals surface area contributed by atoms with Gasteiger partial charge in [0.2, 0.25) is 5.91 Å². The topological polar surface area (TPSA) is 71.1 Å². The van der Waals surface area contributed by atoms with E-state index in [0.29, 0.717) is 16.9 Å². The number of hydrogen-bond donors (Lipinski definition) is 2. The molecule has 0 spiro atoms. The quantitative estimate of drug-likeness (QED) is 0.907. The third-order valence-electron chi connectivity index (χ3n) is 3.41. The molecule has 0 aliphatic rings. The van der Waals surface area contributed by atoms with Gasteiger partial charge in [-0.2, -0.15) is 0 Å². The first-order valence-corrected chi connectivity index (χ1v) is 7.88. The molecular formula is C19H23N3O2. The van der Waals surface area contributed by atoms with E-state index in [-0.39, 0.29) is 23.8 Å². The number of pyridine rings is 1. The normalized spacial score (nSPS) is 11.0. The third kappa shape index (κ3) is 4.91. The van der Waals surface area contributed by atoms with E-state index in [1.54, 1.807) is 30.5 Å². The summed E-state index contributed by atoms with van der Waals surface area (Å²) in [4.78, 5) is 28.7. The van der Waals surface area contributed by atoms with Crippen molar-refractivity contribution in [3.8, 4) is 0 Å². The lowest BCUT2D eigenvalue weighted by atomic mass is 10.0. The average Bonchev–Trinajstić information content (AvgIpc) is 2.48. The number of benzene rings is 1. The molecule has 1 heterocycles. The molecule has 0 fully saturated rings. The molecule has 0 aliphatic carbocycles. The van der Waals surface area contributed by atoms with Crippen LogP contribution in [0.4, 0.5) is 5.69 Å². The summed E-state index contributed by atoms with van der Waals surface area (Å²) in [7, 11) is 0. The fraction of sp³-hybridized carbons (Fsp3) is 0.316. The summed E-state index contributed by atoms with van der Waals surface area (Å²) >= 11 is 0. The van der Waals surface area contributed by atoms with Gasteiger partial charge in [-0.1, -0.05) is 12.1 Å². The van der Waals surface area contributed by atoms with Gasteiger partial charge in [-0.15, -0.1) is 0 Å². The van der Waals surface area contributed by atoms with Gasteiger partial charge in [0.1, 0.15) is 0 Å². The zero-order chi connectivity index (χ0) is 17.7. The van der Waals surface area contributed by atoms with Crippen LogP contribution in [0.25, 0.3) is 0 Å². The van der Waals surface area contributed by atoms with Gasteiger partial charge in [0, 0.05) is 28.7 Å². The number of rotatable bonds is 4. The highest BCUT2D eigenvalue weighted by atomic mass is 16.2. The molecule has 2 N–H and O–H groups in total. The lowest BCUT2D eigenvalue weighted by Crippen LogP contribution is -2.40. The van der Waals surface area contributed by atoms with Gasteiger partial charge in [0.25, 0.3) is 5.91 Å². The Morgan fingerprint density at radius 1 is 1.08 bits per heavy atom. The van der Waals surface area contributed by atoms with Crippen LogP contribution in [0.2, 0.25) is 0 Å². The van der Waals surface area contributed by atoms with Crippen molar-refractivity contribution < 1.29 is 9.59 Å². The maximum absolute atomic E-state index is 12.4. The first kappa shape index (κ1) is 17.7. The highest BCUT2D eigenvalue weighted by molar-refractivity contribution is 5.99. The van der Waals surface area contributed by atoms with E-state index in [1.165, 1.54) is 0 Å². The average molecular weight is 325 g/mol. The fourth-order valence-corrected chi connectivity index (χ4v) is 2.29. The zero-order valence-electron chi connectivity index (χ0n) is 14.5. The van der Waals surface area contributed by atoms with E-state index >= 15 is 0 Å². The van der Waals surface area contributed by atoms with Crippen molar-refractivity contribution in [2.24, 2.45) is 0 Å². The van der Waals surface area contributed by atoms with Crippen LogP contribution in [0, 0.1) is 6.92 Å². The highest BCUT2D eigenvalue weighted by Gasteiger charge is 2.18. The largest absolute Gasteiger partial charge is 0.347 e. The fourth-order valence-electron chi connectivity index (χ4n) is 2.29. The molecule has 2 aromatic rings. The molecular weight excluding hydrogens is 302 g/mol. The van der Waals surface area contributed by atoms with Gasteiger partial charge in [-0.3, -0.25) is 14.6 Å². The minimum Gasteiger partial charge on any atom is -0.347 e. The Morgan fingerprint density at radius 2 is 1.83 bits per heavy atom. The predicted octanol–water partition coefficient (Wildman–Crippen LogP) is 3.10. The molecule has 1 aromatic carbocycles. The first-order valence-electron chi connectivity index (χ1n) is 7.88. The molecule has 5 heteroatoms. The number of carbonyl (C=O) groups excluding carboxylic acids is 2. The maximum Gasteiger partial charge on any atom is 0.252 e. The Kier molecular flexibility index (Phi) is 5.34. The van der Waals surface area contributed by atoms with Crippen LogP contribution in [0.5, 0.6) is 0 Å². The number of hydrogen-bond acceptors (Lipinski definition) is 3. The Morgan fingerprint density at radius 3 is 2.46 bits per heavy atom. The number of carbonyl (C=O) groups is 2. The van der Waals surface area contributed by atoms with Gasteiger partial charge in [0.15, 0.2) is 0 Å². The van der Waals surface area contributed by atoms with Crippen molar-refractivity contribution in [1.82, 2.24) is 10.3 Å². The van der Waals surface area contributed by atoms with Crippen molar-refractivity contribution in [1.29, 1.82) is 0 Å². The van der Waals surface area contributed by atoms with Crippen molar-refractivity contribution >= 4 is 17.5 Å². The highest BCUT2D eigenvalue weighted by Crippen LogP contribution is 2.20. The summed E-state index contributed by atoms with van der Waals surface area (Å²) in [6, 6.07) is 10.8. The second-order valence-corrected chi connectivity index (χ2v) is 6.73. The Hall–Kier alpha value is -2.69. The third-order valence-corrected chi connectivity index (χ3v) is 3.41. The molecule has 0 aliphatic heterocycles. The van der Waals surface area contributed by atoms with Crippen molar-refractivity contribution in [3.63, 3.8) is 0 Å². The molecule has 126 valence electrons. The lowest BCUT2D eigenvalue weighted by molar-refractivity contribution is -0.115. The molecule has 1 aromatic heterocycles. The number of aromatic nitrogens is 1. The minimum atomic E-state index is -0.318. The van der Waals surface area contributed by atoms with E-state index in [0.717, 1.165) is 5.56 Å². The Bertz CT molecular complexity index is 734. The summed E-state index contributed by atoms with van der Waals surface area (Å²) in [5, 5.41) is 5.79.